The molecule has 1 aromatic carbocycles. The molecule has 0 aromatic heterocycles. The number of aryl methyl sites for hydroxylation is 1. The SMILES string of the molecule is CCCNCC(Cc1ccccc1C)C1CCCCCC1. The van der Waals surface area contributed by atoms with Gasteiger partial charge in [0.05, 0.1) is 0 Å². The fourth-order valence-corrected chi connectivity index (χ4v) is 3.77. The Morgan fingerprint density at radius 1 is 1.10 bits per heavy atom. The Kier molecular flexibility index (Phi) is 7.29. The van der Waals surface area contributed by atoms with Gasteiger partial charge in [0.1, 0.15) is 0 Å². The summed E-state index contributed by atoms with van der Waals surface area (Å²) in [5, 5.41) is 3.69. The lowest BCUT2D eigenvalue weighted by atomic mass is 9.81. The molecule has 0 bridgehead atoms. The molecule has 1 N–H and O–H groups in total. The average molecular weight is 287 g/mol. The number of benzene rings is 1. The van der Waals surface area contributed by atoms with Crippen molar-refractivity contribution in [3.05, 3.63) is 35.4 Å². The van der Waals surface area contributed by atoms with Crippen LogP contribution in [0.4, 0.5) is 0 Å². The molecule has 1 unspecified atom stereocenters. The van der Waals surface area contributed by atoms with Crippen LogP contribution in [0.2, 0.25) is 0 Å². The van der Waals surface area contributed by atoms with Crippen LogP contribution in [0.5, 0.6) is 0 Å². The van der Waals surface area contributed by atoms with E-state index in [4.69, 9.17) is 0 Å². The van der Waals surface area contributed by atoms with Gasteiger partial charge in [-0.1, -0.05) is 69.7 Å². The first-order valence-electron chi connectivity index (χ1n) is 9.06. The third-order valence-electron chi connectivity index (χ3n) is 5.14. The summed E-state index contributed by atoms with van der Waals surface area (Å²) in [5.41, 5.74) is 3.02. The van der Waals surface area contributed by atoms with Gasteiger partial charge in [-0.25, -0.2) is 0 Å². The van der Waals surface area contributed by atoms with Crippen molar-refractivity contribution in [3.8, 4) is 0 Å². The van der Waals surface area contributed by atoms with Crippen LogP contribution in [0.1, 0.15) is 63.0 Å². The van der Waals surface area contributed by atoms with Gasteiger partial charge in [-0.2, -0.15) is 0 Å². The summed E-state index contributed by atoms with van der Waals surface area (Å²) in [6.07, 6.45) is 11.2. The zero-order valence-electron chi connectivity index (χ0n) is 14.0. The molecule has 0 saturated heterocycles. The first kappa shape index (κ1) is 16.5. The number of rotatable bonds is 7. The van der Waals surface area contributed by atoms with Crippen molar-refractivity contribution in [1.29, 1.82) is 0 Å². The first-order chi connectivity index (χ1) is 10.3. The minimum atomic E-state index is 0.816. The Balaban J connectivity index is 2.01. The molecular weight excluding hydrogens is 254 g/mol. The molecule has 1 aromatic rings. The molecule has 1 atom stereocenters. The predicted molar refractivity (Wildman–Crippen MR) is 92.7 cm³/mol. The molecule has 1 fully saturated rings. The number of nitrogens with one attached hydrogen (secondary N) is 1. The Labute approximate surface area is 131 Å². The lowest BCUT2D eigenvalue weighted by Gasteiger charge is -2.27. The lowest BCUT2D eigenvalue weighted by Crippen LogP contribution is -2.30. The van der Waals surface area contributed by atoms with Gasteiger partial charge in [0, 0.05) is 0 Å². The molecule has 1 aliphatic carbocycles. The molecule has 1 saturated carbocycles. The van der Waals surface area contributed by atoms with Crippen LogP contribution in [0.15, 0.2) is 24.3 Å². The zero-order valence-corrected chi connectivity index (χ0v) is 14.0. The van der Waals surface area contributed by atoms with Gasteiger partial charge < -0.3 is 5.32 Å². The predicted octanol–water partition coefficient (Wildman–Crippen LogP) is 5.12. The van der Waals surface area contributed by atoms with E-state index in [1.807, 2.05) is 0 Å². The molecule has 1 aliphatic rings. The van der Waals surface area contributed by atoms with E-state index in [1.54, 1.807) is 5.56 Å². The minimum Gasteiger partial charge on any atom is -0.316 e. The maximum atomic E-state index is 3.69. The van der Waals surface area contributed by atoms with E-state index in [1.165, 1.54) is 63.5 Å². The third kappa shape index (κ3) is 5.47. The molecule has 2 rings (SSSR count). The molecule has 0 spiro atoms. The summed E-state index contributed by atoms with van der Waals surface area (Å²) in [6, 6.07) is 8.96. The summed E-state index contributed by atoms with van der Waals surface area (Å²) >= 11 is 0. The quantitative estimate of drug-likeness (QED) is 0.542. The van der Waals surface area contributed by atoms with Crippen LogP contribution in [0.25, 0.3) is 0 Å². The van der Waals surface area contributed by atoms with Crippen LogP contribution in [-0.2, 0) is 6.42 Å². The highest BCUT2D eigenvalue weighted by Gasteiger charge is 2.23. The highest BCUT2D eigenvalue weighted by molar-refractivity contribution is 5.26. The summed E-state index contributed by atoms with van der Waals surface area (Å²) in [4.78, 5) is 0. The van der Waals surface area contributed by atoms with Gasteiger partial charge in [-0.3, -0.25) is 0 Å². The molecule has 0 heterocycles. The van der Waals surface area contributed by atoms with Gasteiger partial charge in [0.25, 0.3) is 0 Å². The Bertz CT molecular complexity index is 391. The fourth-order valence-electron chi connectivity index (χ4n) is 3.77. The molecule has 1 nitrogen and oxygen atoms in total. The monoisotopic (exact) mass is 287 g/mol. The van der Waals surface area contributed by atoms with Gasteiger partial charge in [0.15, 0.2) is 0 Å². The van der Waals surface area contributed by atoms with Crippen LogP contribution >= 0.6 is 0 Å². The second-order valence-corrected chi connectivity index (χ2v) is 6.85. The van der Waals surface area contributed by atoms with Crippen LogP contribution in [-0.4, -0.2) is 13.1 Å². The Hall–Kier alpha value is -0.820. The topological polar surface area (TPSA) is 12.0 Å². The second kappa shape index (κ2) is 9.25. The number of hydrogen-bond donors (Lipinski definition) is 1. The standard InChI is InChI=1S/C20H33N/c1-3-14-21-16-20(18-11-6-4-5-7-12-18)15-19-13-9-8-10-17(19)2/h8-10,13,18,20-21H,3-7,11-12,14-16H2,1-2H3. The van der Waals surface area contributed by atoms with E-state index in [9.17, 15) is 0 Å². The van der Waals surface area contributed by atoms with Gasteiger partial charge >= 0.3 is 0 Å². The van der Waals surface area contributed by atoms with E-state index in [-0.39, 0.29) is 0 Å². The smallest absolute Gasteiger partial charge is 0.00147 e. The zero-order chi connectivity index (χ0) is 14.9. The normalized spacial score (nSPS) is 18.4. The average Bonchev–Trinajstić information content (AvgIpc) is 2.77. The Morgan fingerprint density at radius 3 is 2.48 bits per heavy atom. The van der Waals surface area contributed by atoms with Crippen molar-refractivity contribution < 1.29 is 0 Å². The molecule has 118 valence electrons. The molecule has 21 heavy (non-hydrogen) atoms. The van der Waals surface area contributed by atoms with Crippen molar-refractivity contribution >= 4 is 0 Å². The molecule has 1 heteroatoms. The van der Waals surface area contributed by atoms with Crippen molar-refractivity contribution in [2.45, 2.75) is 65.2 Å². The Morgan fingerprint density at radius 2 is 1.81 bits per heavy atom. The summed E-state index contributed by atoms with van der Waals surface area (Å²) in [6.45, 7) is 6.89. The maximum absolute atomic E-state index is 3.69. The second-order valence-electron chi connectivity index (χ2n) is 6.85. The highest BCUT2D eigenvalue weighted by atomic mass is 14.9. The lowest BCUT2D eigenvalue weighted by molar-refractivity contribution is 0.284. The van der Waals surface area contributed by atoms with Crippen molar-refractivity contribution in [1.82, 2.24) is 5.32 Å². The fraction of sp³-hybridized carbons (Fsp3) is 0.700. The summed E-state index contributed by atoms with van der Waals surface area (Å²) in [7, 11) is 0. The molecule has 0 aliphatic heterocycles. The highest BCUT2D eigenvalue weighted by Crippen LogP contribution is 2.31. The largest absolute Gasteiger partial charge is 0.316 e. The van der Waals surface area contributed by atoms with E-state index >= 15 is 0 Å². The van der Waals surface area contributed by atoms with E-state index in [0.717, 1.165) is 18.4 Å². The van der Waals surface area contributed by atoms with Crippen LogP contribution in [0, 0.1) is 18.8 Å². The van der Waals surface area contributed by atoms with Crippen molar-refractivity contribution in [2.75, 3.05) is 13.1 Å². The molecule has 0 radical (unpaired) electrons. The van der Waals surface area contributed by atoms with Crippen molar-refractivity contribution in [2.24, 2.45) is 11.8 Å². The summed E-state index contributed by atoms with van der Waals surface area (Å²) < 4.78 is 0. The van der Waals surface area contributed by atoms with Gasteiger partial charge in [-0.15, -0.1) is 0 Å². The van der Waals surface area contributed by atoms with Gasteiger partial charge in [-0.05, 0) is 55.8 Å². The van der Waals surface area contributed by atoms with Gasteiger partial charge in [0.2, 0.25) is 0 Å². The minimum absolute atomic E-state index is 0.816. The van der Waals surface area contributed by atoms with E-state index in [2.05, 4.69) is 43.4 Å². The third-order valence-corrected chi connectivity index (χ3v) is 5.14. The molecular formula is C20H33N. The van der Waals surface area contributed by atoms with E-state index in [0.29, 0.717) is 0 Å². The molecule has 0 amide bonds. The number of hydrogen-bond acceptors (Lipinski definition) is 1. The first-order valence-corrected chi connectivity index (χ1v) is 9.06. The van der Waals surface area contributed by atoms with Crippen LogP contribution in [0.3, 0.4) is 0 Å². The summed E-state index contributed by atoms with van der Waals surface area (Å²) in [5.74, 6) is 1.74. The maximum Gasteiger partial charge on any atom is -0.00147 e. The van der Waals surface area contributed by atoms with Crippen molar-refractivity contribution in [3.63, 3.8) is 0 Å². The van der Waals surface area contributed by atoms with Crippen LogP contribution < -0.4 is 5.32 Å². The van der Waals surface area contributed by atoms with E-state index < -0.39 is 0 Å².